The summed E-state index contributed by atoms with van der Waals surface area (Å²) in [6.07, 6.45) is 1.25. The first kappa shape index (κ1) is 19.2. The van der Waals surface area contributed by atoms with Crippen LogP contribution in [0, 0.1) is 0 Å². The van der Waals surface area contributed by atoms with Crippen LogP contribution in [0.1, 0.15) is 32.8 Å². The zero-order valence-corrected chi connectivity index (χ0v) is 14.1. The van der Waals surface area contributed by atoms with Gasteiger partial charge in [-0.15, -0.1) is 6.58 Å². The summed E-state index contributed by atoms with van der Waals surface area (Å²) >= 11 is 0. The molecule has 5 nitrogen and oxygen atoms in total. The van der Waals surface area contributed by atoms with Crippen molar-refractivity contribution in [3.63, 3.8) is 0 Å². The number of amides is 1. The number of aliphatic hydroxyl groups excluding tert-OH is 1. The van der Waals surface area contributed by atoms with Crippen LogP contribution in [0.15, 0.2) is 43.0 Å². The summed E-state index contributed by atoms with van der Waals surface area (Å²) in [5, 5.41) is 12.2. The minimum atomic E-state index is -0.594. The van der Waals surface area contributed by atoms with E-state index in [9.17, 15) is 9.90 Å². The monoisotopic (exact) mass is 321 g/mol. The van der Waals surface area contributed by atoms with E-state index in [2.05, 4.69) is 11.9 Å². The lowest BCUT2D eigenvalue weighted by atomic mass is 10.1. The van der Waals surface area contributed by atoms with Crippen LogP contribution in [0.3, 0.4) is 0 Å². The van der Waals surface area contributed by atoms with Gasteiger partial charge in [-0.05, 0) is 32.8 Å². The number of nitrogens with one attached hydrogen (secondary N) is 1. The number of benzene rings is 1. The molecule has 1 aromatic carbocycles. The van der Waals surface area contributed by atoms with Crippen molar-refractivity contribution in [2.75, 3.05) is 6.61 Å². The maximum Gasteiger partial charge on any atom is 0.408 e. The molecule has 0 aliphatic rings. The first-order chi connectivity index (χ1) is 10.9. The Kier molecular flexibility index (Phi) is 7.78. The van der Waals surface area contributed by atoms with E-state index < -0.39 is 17.7 Å². The third kappa shape index (κ3) is 7.81. The highest BCUT2D eigenvalue weighted by Crippen LogP contribution is 2.12. The lowest BCUT2D eigenvalue weighted by Gasteiger charge is -2.28. The summed E-state index contributed by atoms with van der Waals surface area (Å²) in [7, 11) is 0. The zero-order chi connectivity index (χ0) is 17.3. The van der Waals surface area contributed by atoms with E-state index in [1.165, 1.54) is 0 Å². The Morgan fingerprint density at radius 3 is 2.52 bits per heavy atom. The van der Waals surface area contributed by atoms with Gasteiger partial charge >= 0.3 is 6.09 Å². The lowest BCUT2D eigenvalue weighted by Crippen LogP contribution is -2.48. The van der Waals surface area contributed by atoms with Crippen LogP contribution in [-0.2, 0) is 16.1 Å². The Hall–Kier alpha value is -1.85. The molecular weight excluding hydrogens is 294 g/mol. The Bertz CT molecular complexity index is 482. The molecule has 5 heteroatoms. The van der Waals surface area contributed by atoms with Crippen LogP contribution in [0.25, 0.3) is 0 Å². The van der Waals surface area contributed by atoms with Gasteiger partial charge in [0.1, 0.15) is 5.60 Å². The maximum atomic E-state index is 11.9. The predicted octanol–water partition coefficient (Wildman–Crippen LogP) is 3.03. The Morgan fingerprint density at radius 2 is 2.00 bits per heavy atom. The molecule has 1 rings (SSSR count). The lowest BCUT2D eigenvalue weighted by molar-refractivity contribution is -0.00533. The molecule has 1 aromatic rings. The van der Waals surface area contributed by atoms with Crippen molar-refractivity contribution in [2.45, 2.75) is 51.5 Å². The molecule has 0 fully saturated rings. The molecule has 0 unspecified atom stereocenters. The summed E-state index contributed by atoms with van der Waals surface area (Å²) < 4.78 is 11.1. The molecule has 0 heterocycles. The smallest absolute Gasteiger partial charge is 0.408 e. The molecule has 0 aliphatic heterocycles. The van der Waals surface area contributed by atoms with Crippen molar-refractivity contribution in [3.05, 3.63) is 48.6 Å². The van der Waals surface area contributed by atoms with Crippen LogP contribution in [0.4, 0.5) is 4.79 Å². The normalized spacial score (nSPS) is 13.9. The van der Waals surface area contributed by atoms with E-state index in [0.29, 0.717) is 13.0 Å². The molecule has 2 N–H and O–H groups in total. The van der Waals surface area contributed by atoms with Gasteiger partial charge in [0.2, 0.25) is 0 Å². The predicted molar refractivity (Wildman–Crippen MR) is 90.1 cm³/mol. The fourth-order valence-corrected chi connectivity index (χ4v) is 2.01. The molecule has 2 atom stereocenters. The molecule has 0 bridgehead atoms. The van der Waals surface area contributed by atoms with Gasteiger partial charge in [0.05, 0.1) is 25.4 Å². The van der Waals surface area contributed by atoms with Gasteiger partial charge in [0.25, 0.3) is 0 Å². The number of rotatable bonds is 8. The standard InChI is InChI=1S/C18H27NO4/c1-5-9-16(22-13-14-10-7-6-8-11-14)15(12-20)19-17(21)23-18(2,3)4/h5-8,10-11,15-16,20H,1,9,12-13H2,2-4H3,(H,19,21)/t15-,16+/m1/s1. The summed E-state index contributed by atoms with van der Waals surface area (Å²) in [5.41, 5.74) is 0.429. The van der Waals surface area contributed by atoms with E-state index in [1.807, 2.05) is 30.3 Å². The number of aliphatic hydroxyl groups is 1. The highest BCUT2D eigenvalue weighted by molar-refractivity contribution is 5.68. The van der Waals surface area contributed by atoms with Gasteiger partial charge in [-0.1, -0.05) is 36.4 Å². The van der Waals surface area contributed by atoms with E-state index in [-0.39, 0.29) is 12.7 Å². The van der Waals surface area contributed by atoms with E-state index in [0.717, 1.165) is 5.56 Å². The summed E-state index contributed by atoms with van der Waals surface area (Å²) in [4.78, 5) is 11.9. The number of carbonyl (C=O) groups is 1. The molecule has 0 radical (unpaired) electrons. The Labute approximate surface area is 138 Å². The topological polar surface area (TPSA) is 67.8 Å². The second kappa shape index (κ2) is 9.33. The number of carbonyl (C=O) groups excluding carboxylic acids is 1. The Balaban J connectivity index is 2.64. The van der Waals surface area contributed by atoms with E-state index >= 15 is 0 Å². The average Bonchev–Trinajstić information content (AvgIpc) is 2.48. The highest BCUT2D eigenvalue weighted by Gasteiger charge is 2.25. The van der Waals surface area contributed by atoms with Crippen molar-refractivity contribution < 1.29 is 19.4 Å². The van der Waals surface area contributed by atoms with Gasteiger partial charge in [-0.2, -0.15) is 0 Å². The molecule has 1 amide bonds. The van der Waals surface area contributed by atoms with Gasteiger partial charge in [0.15, 0.2) is 0 Å². The minimum absolute atomic E-state index is 0.244. The number of alkyl carbamates (subject to hydrolysis) is 1. The molecule has 128 valence electrons. The quantitative estimate of drug-likeness (QED) is 0.722. The molecule has 0 aliphatic carbocycles. The summed E-state index contributed by atoms with van der Waals surface area (Å²) in [6, 6.07) is 9.16. The van der Waals surface area contributed by atoms with Crippen LogP contribution in [-0.4, -0.2) is 35.6 Å². The minimum Gasteiger partial charge on any atom is -0.444 e. The number of ether oxygens (including phenoxy) is 2. The van der Waals surface area contributed by atoms with Gasteiger partial charge in [-0.25, -0.2) is 4.79 Å². The molecule has 0 aromatic heterocycles. The Morgan fingerprint density at radius 1 is 1.35 bits per heavy atom. The molecular formula is C18H27NO4. The van der Waals surface area contributed by atoms with Crippen LogP contribution < -0.4 is 5.32 Å². The van der Waals surface area contributed by atoms with Gasteiger partial charge < -0.3 is 19.9 Å². The largest absolute Gasteiger partial charge is 0.444 e. The second-order valence-electron chi connectivity index (χ2n) is 6.29. The van der Waals surface area contributed by atoms with Crippen LogP contribution in [0.5, 0.6) is 0 Å². The average molecular weight is 321 g/mol. The van der Waals surface area contributed by atoms with Crippen molar-refractivity contribution in [2.24, 2.45) is 0 Å². The number of hydrogen-bond donors (Lipinski definition) is 2. The molecule has 23 heavy (non-hydrogen) atoms. The van der Waals surface area contributed by atoms with Gasteiger partial charge in [-0.3, -0.25) is 0 Å². The SMILES string of the molecule is C=CC[C@H](OCc1ccccc1)[C@@H](CO)NC(=O)OC(C)(C)C. The first-order valence-corrected chi connectivity index (χ1v) is 7.72. The molecule has 0 spiro atoms. The molecule has 0 saturated heterocycles. The van der Waals surface area contributed by atoms with Crippen molar-refractivity contribution >= 4 is 6.09 Å². The zero-order valence-electron chi connectivity index (χ0n) is 14.1. The van der Waals surface area contributed by atoms with Crippen LogP contribution >= 0.6 is 0 Å². The van der Waals surface area contributed by atoms with Crippen molar-refractivity contribution in [1.29, 1.82) is 0 Å². The van der Waals surface area contributed by atoms with E-state index in [4.69, 9.17) is 9.47 Å². The molecule has 0 saturated carbocycles. The van der Waals surface area contributed by atoms with E-state index in [1.54, 1.807) is 26.8 Å². The fourth-order valence-electron chi connectivity index (χ4n) is 2.01. The summed E-state index contributed by atoms with van der Waals surface area (Å²) in [6.45, 7) is 9.21. The van der Waals surface area contributed by atoms with Crippen molar-refractivity contribution in [1.82, 2.24) is 5.32 Å². The summed E-state index contributed by atoms with van der Waals surface area (Å²) in [5.74, 6) is 0. The second-order valence-corrected chi connectivity index (χ2v) is 6.29. The third-order valence-corrected chi connectivity index (χ3v) is 3.05. The number of hydrogen-bond acceptors (Lipinski definition) is 4. The van der Waals surface area contributed by atoms with Gasteiger partial charge in [0, 0.05) is 0 Å². The van der Waals surface area contributed by atoms with Crippen molar-refractivity contribution in [3.8, 4) is 0 Å². The fraction of sp³-hybridized carbons (Fsp3) is 0.500. The third-order valence-electron chi connectivity index (χ3n) is 3.05. The first-order valence-electron chi connectivity index (χ1n) is 7.72. The van der Waals surface area contributed by atoms with Crippen LogP contribution in [0.2, 0.25) is 0 Å². The highest BCUT2D eigenvalue weighted by atomic mass is 16.6. The maximum absolute atomic E-state index is 11.9.